The van der Waals surface area contributed by atoms with E-state index in [1.165, 1.54) is 28.4 Å². The van der Waals surface area contributed by atoms with Gasteiger partial charge in [-0.15, -0.1) is 11.8 Å². The molecule has 1 unspecified atom stereocenters. The minimum absolute atomic E-state index is 0.0487. The van der Waals surface area contributed by atoms with Crippen LogP contribution in [0.2, 0.25) is 0 Å². The van der Waals surface area contributed by atoms with Crippen molar-refractivity contribution in [3.63, 3.8) is 0 Å². The molecule has 136 valence electrons. The lowest BCUT2D eigenvalue weighted by atomic mass is 10.1. The van der Waals surface area contributed by atoms with E-state index in [9.17, 15) is 14.7 Å². The van der Waals surface area contributed by atoms with Crippen LogP contribution < -0.4 is 5.73 Å². The van der Waals surface area contributed by atoms with Crippen molar-refractivity contribution in [1.82, 2.24) is 4.90 Å². The third-order valence-corrected chi connectivity index (χ3v) is 7.32. The zero-order chi connectivity index (χ0) is 18.7. The summed E-state index contributed by atoms with van der Waals surface area (Å²) in [5.41, 5.74) is 7.45. The van der Waals surface area contributed by atoms with Crippen molar-refractivity contribution >= 4 is 57.3 Å². The third kappa shape index (κ3) is 2.48. The number of fused-ring (bicyclic) bond motifs is 4. The molecule has 5 rings (SSSR count). The first-order chi connectivity index (χ1) is 13.0. The monoisotopic (exact) mass is 398 g/mol. The number of nitrogens with two attached hydrogens (primary N) is 1. The van der Waals surface area contributed by atoms with Gasteiger partial charge in [0.05, 0.1) is 0 Å². The average Bonchev–Trinajstić information content (AvgIpc) is 3.05. The summed E-state index contributed by atoms with van der Waals surface area (Å²) >= 11 is 2.87. The number of furan rings is 1. The van der Waals surface area contributed by atoms with E-state index in [2.05, 4.69) is 0 Å². The van der Waals surface area contributed by atoms with Crippen LogP contribution in [0.15, 0.2) is 62.4 Å². The Labute approximate surface area is 162 Å². The molecule has 0 bridgehead atoms. The first kappa shape index (κ1) is 16.7. The zero-order valence-corrected chi connectivity index (χ0v) is 15.5. The van der Waals surface area contributed by atoms with Crippen molar-refractivity contribution in [3.05, 3.63) is 53.1 Å². The number of para-hydroxylation sites is 1. The number of hydrogen-bond acceptors (Lipinski definition) is 6. The molecule has 0 saturated carbocycles. The highest BCUT2D eigenvalue weighted by molar-refractivity contribution is 8.06. The molecule has 1 fully saturated rings. The van der Waals surface area contributed by atoms with E-state index in [4.69, 9.17) is 10.2 Å². The van der Waals surface area contributed by atoms with Crippen molar-refractivity contribution in [1.29, 1.82) is 0 Å². The van der Waals surface area contributed by atoms with Gasteiger partial charge >= 0.3 is 5.97 Å². The van der Waals surface area contributed by atoms with Gasteiger partial charge in [0.2, 0.25) is 5.91 Å². The maximum Gasteiger partial charge on any atom is 0.353 e. The molecule has 3 heterocycles. The van der Waals surface area contributed by atoms with Gasteiger partial charge in [0.1, 0.15) is 28.3 Å². The first-order valence-corrected chi connectivity index (χ1v) is 10.2. The van der Waals surface area contributed by atoms with E-state index in [0.717, 1.165) is 26.8 Å². The second-order valence-corrected chi connectivity index (χ2v) is 8.64. The second-order valence-electron chi connectivity index (χ2n) is 6.37. The fourth-order valence-corrected chi connectivity index (χ4v) is 5.94. The number of carboxylic acids is 1. The van der Waals surface area contributed by atoms with E-state index in [1.807, 2.05) is 42.5 Å². The third-order valence-electron chi connectivity index (χ3n) is 4.77. The lowest BCUT2D eigenvalue weighted by Crippen LogP contribution is -2.68. The minimum Gasteiger partial charge on any atom is -0.477 e. The molecule has 3 N–H and O–H groups in total. The Morgan fingerprint density at radius 1 is 1.22 bits per heavy atom. The molecule has 2 aliphatic rings. The molecule has 8 heteroatoms. The van der Waals surface area contributed by atoms with Crippen LogP contribution in [-0.4, -0.2) is 39.1 Å². The Kier molecular flexibility index (Phi) is 3.75. The maximum absolute atomic E-state index is 12.1. The maximum atomic E-state index is 12.1. The molecule has 6 nitrogen and oxygen atoms in total. The number of aliphatic carboxylic acids is 1. The van der Waals surface area contributed by atoms with Crippen molar-refractivity contribution in [2.24, 2.45) is 5.73 Å². The summed E-state index contributed by atoms with van der Waals surface area (Å²) in [7, 11) is 0. The smallest absolute Gasteiger partial charge is 0.353 e. The first-order valence-electron chi connectivity index (χ1n) is 8.30. The van der Waals surface area contributed by atoms with E-state index in [0.29, 0.717) is 10.7 Å². The van der Waals surface area contributed by atoms with Gasteiger partial charge in [-0.1, -0.05) is 30.0 Å². The second kappa shape index (κ2) is 6.05. The molecule has 2 aliphatic heterocycles. The number of amides is 1. The molecule has 0 spiro atoms. The molecule has 2 aromatic carbocycles. The largest absolute Gasteiger partial charge is 0.477 e. The van der Waals surface area contributed by atoms with E-state index < -0.39 is 12.0 Å². The summed E-state index contributed by atoms with van der Waals surface area (Å²) in [6.07, 6.45) is 0. The van der Waals surface area contributed by atoms with Crippen LogP contribution in [0, 0.1) is 0 Å². The van der Waals surface area contributed by atoms with Crippen LogP contribution in [-0.2, 0) is 9.59 Å². The molecule has 0 radical (unpaired) electrons. The van der Waals surface area contributed by atoms with Crippen LogP contribution >= 0.6 is 23.5 Å². The number of rotatable bonds is 3. The van der Waals surface area contributed by atoms with Crippen molar-refractivity contribution in [3.8, 4) is 0 Å². The van der Waals surface area contributed by atoms with Crippen molar-refractivity contribution < 1.29 is 19.1 Å². The SMILES string of the molecule is NC1C(=O)N2C(C(=O)O)=C(Sc3ccc4oc5ccccc5c4c3)CS[C@@H]12. The van der Waals surface area contributed by atoms with Gasteiger partial charge < -0.3 is 15.3 Å². The van der Waals surface area contributed by atoms with E-state index >= 15 is 0 Å². The highest BCUT2D eigenvalue weighted by atomic mass is 32.2. The molecular formula is C19H14N2O4S2. The number of benzene rings is 2. The summed E-state index contributed by atoms with van der Waals surface area (Å²) in [6.45, 7) is 0. The highest BCUT2D eigenvalue weighted by Crippen LogP contribution is 2.45. The summed E-state index contributed by atoms with van der Waals surface area (Å²) in [5, 5.41) is 11.4. The molecule has 3 aromatic rings. The Hall–Kier alpha value is -2.42. The van der Waals surface area contributed by atoms with Gasteiger partial charge in [-0.25, -0.2) is 4.79 Å². The normalized spacial score (nSPS) is 22.3. The summed E-state index contributed by atoms with van der Waals surface area (Å²) in [4.78, 5) is 26.7. The number of thioether (sulfide) groups is 2. The Morgan fingerprint density at radius 3 is 2.81 bits per heavy atom. The summed E-state index contributed by atoms with van der Waals surface area (Å²) < 4.78 is 5.84. The fourth-order valence-electron chi connectivity index (χ4n) is 3.48. The number of carbonyl (C=O) groups is 2. The molecular weight excluding hydrogens is 384 g/mol. The Balaban J connectivity index is 1.56. The van der Waals surface area contributed by atoms with Crippen LogP contribution in [0.4, 0.5) is 0 Å². The van der Waals surface area contributed by atoms with Crippen LogP contribution in [0.5, 0.6) is 0 Å². The highest BCUT2D eigenvalue weighted by Gasteiger charge is 2.51. The van der Waals surface area contributed by atoms with Crippen LogP contribution in [0.25, 0.3) is 21.9 Å². The van der Waals surface area contributed by atoms with Gasteiger partial charge in [-0.3, -0.25) is 9.69 Å². The summed E-state index contributed by atoms with van der Waals surface area (Å²) in [5.74, 6) is -0.921. The molecule has 1 aromatic heterocycles. The molecule has 2 atom stereocenters. The van der Waals surface area contributed by atoms with Gasteiger partial charge in [-0.2, -0.15) is 0 Å². The van der Waals surface area contributed by atoms with Gasteiger partial charge in [0, 0.05) is 26.3 Å². The number of carbonyl (C=O) groups excluding carboxylic acids is 1. The quantitative estimate of drug-likeness (QED) is 0.654. The molecule has 0 aliphatic carbocycles. The predicted octanol–water partition coefficient (Wildman–Crippen LogP) is 3.22. The number of carboxylic acid groups (broad SMARTS) is 1. The fraction of sp³-hybridized carbons (Fsp3) is 0.158. The van der Waals surface area contributed by atoms with Gasteiger partial charge in [-0.05, 0) is 24.3 Å². The number of nitrogens with zero attached hydrogens (tertiary/aromatic N) is 1. The summed E-state index contributed by atoms with van der Waals surface area (Å²) in [6, 6.07) is 13.0. The van der Waals surface area contributed by atoms with Gasteiger partial charge in [0.15, 0.2) is 0 Å². The van der Waals surface area contributed by atoms with Crippen molar-refractivity contribution in [2.45, 2.75) is 16.3 Å². The van der Waals surface area contributed by atoms with Crippen molar-refractivity contribution in [2.75, 3.05) is 5.75 Å². The van der Waals surface area contributed by atoms with E-state index in [1.54, 1.807) is 0 Å². The zero-order valence-electron chi connectivity index (χ0n) is 13.9. The van der Waals surface area contributed by atoms with Gasteiger partial charge in [0.25, 0.3) is 0 Å². The Bertz CT molecular complexity index is 1150. The van der Waals surface area contributed by atoms with Crippen LogP contribution in [0.1, 0.15) is 0 Å². The van der Waals surface area contributed by atoms with Crippen LogP contribution in [0.3, 0.4) is 0 Å². The molecule has 27 heavy (non-hydrogen) atoms. The lowest BCUT2D eigenvalue weighted by molar-refractivity contribution is -0.147. The Morgan fingerprint density at radius 2 is 2.00 bits per heavy atom. The number of hydrogen-bond donors (Lipinski definition) is 2. The predicted molar refractivity (Wildman–Crippen MR) is 105 cm³/mol. The number of β-lactam (4-membered cyclic amide) rings is 1. The minimum atomic E-state index is -1.10. The average molecular weight is 398 g/mol. The molecule has 1 amide bonds. The topological polar surface area (TPSA) is 96.8 Å². The lowest BCUT2D eigenvalue weighted by Gasteiger charge is -2.47. The molecule has 1 saturated heterocycles. The van der Waals surface area contributed by atoms with E-state index in [-0.39, 0.29) is 17.0 Å². The standard InChI is InChI=1S/C19H14N2O4S2/c20-15-17(22)21-16(19(23)24)14(8-26-18(15)21)27-9-5-6-13-11(7-9)10-3-1-2-4-12(10)25-13/h1-7,15,18H,8,20H2,(H,23,24)/t15?,18-/m0/s1.